The van der Waals surface area contributed by atoms with E-state index >= 15 is 0 Å². The molecule has 0 amide bonds. The Morgan fingerprint density at radius 2 is 2.31 bits per heavy atom. The molecule has 5 nitrogen and oxygen atoms in total. The normalized spacial score (nSPS) is 12.2. The lowest BCUT2D eigenvalue weighted by Crippen LogP contribution is -2.19. The van der Waals surface area contributed by atoms with Gasteiger partial charge in [-0.2, -0.15) is 0 Å². The lowest BCUT2D eigenvalue weighted by atomic mass is 10.3. The summed E-state index contributed by atoms with van der Waals surface area (Å²) in [7, 11) is 0. The minimum atomic E-state index is -0.843. The molecule has 1 atom stereocenters. The van der Waals surface area contributed by atoms with Crippen molar-refractivity contribution in [3.05, 3.63) is 32.8 Å². The second kappa shape index (κ2) is 6.03. The molecule has 0 spiro atoms. The predicted octanol–water partition coefficient (Wildman–Crippen LogP) is 2.34. The van der Waals surface area contributed by atoms with Gasteiger partial charge in [-0.1, -0.05) is 15.9 Å². The SMILES string of the molecule is O=[N+]([O-])c1cc(Br)ccc1OCC(O)CCl. The smallest absolute Gasteiger partial charge is 0.312 e. The van der Waals surface area contributed by atoms with Gasteiger partial charge in [0.25, 0.3) is 0 Å². The highest BCUT2D eigenvalue weighted by Gasteiger charge is 2.16. The van der Waals surface area contributed by atoms with Crippen LogP contribution in [0, 0.1) is 10.1 Å². The summed E-state index contributed by atoms with van der Waals surface area (Å²) in [5, 5.41) is 19.9. The average molecular weight is 311 g/mol. The molecule has 1 aromatic rings. The van der Waals surface area contributed by atoms with Gasteiger partial charge in [0.2, 0.25) is 0 Å². The van der Waals surface area contributed by atoms with Gasteiger partial charge < -0.3 is 9.84 Å². The van der Waals surface area contributed by atoms with Crippen LogP contribution in [-0.4, -0.2) is 28.6 Å². The van der Waals surface area contributed by atoms with Crippen molar-refractivity contribution in [2.75, 3.05) is 12.5 Å². The van der Waals surface area contributed by atoms with E-state index in [-0.39, 0.29) is 23.9 Å². The van der Waals surface area contributed by atoms with Gasteiger partial charge in [0.05, 0.1) is 10.8 Å². The highest BCUT2D eigenvalue weighted by atomic mass is 79.9. The van der Waals surface area contributed by atoms with Crippen LogP contribution in [0.25, 0.3) is 0 Å². The lowest BCUT2D eigenvalue weighted by molar-refractivity contribution is -0.386. The number of nitro benzene ring substituents is 1. The Hall–Kier alpha value is -0.850. The first-order valence-electron chi connectivity index (χ1n) is 4.35. The van der Waals surface area contributed by atoms with Crippen molar-refractivity contribution >= 4 is 33.2 Å². The van der Waals surface area contributed by atoms with Crippen molar-refractivity contribution in [1.29, 1.82) is 0 Å². The van der Waals surface area contributed by atoms with Crippen LogP contribution in [0.3, 0.4) is 0 Å². The number of halogens is 2. The van der Waals surface area contributed by atoms with Crippen LogP contribution in [-0.2, 0) is 0 Å². The van der Waals surface area contributed by atoms with Gasteiger partial charge in [-0.15, -0.1) is 11.6 Å². The Bertz CT molecular complexity index is 388. The van der Waals surface area contributed by atoms with E-state index in [9.17, 15) is 10.1 Å². The molecule has 7 heteroatoms. The maximum Gasteiger partial charge on any atom is 0.312 e. The highest BCUT2D eigenvalue weighted by Crippen LogP contribution is 2.30. The van der Waals surface area contributed by atoms with E-state index in [0.717, 1.165) is 0 Å². The molecule has 16 heavy (non-hydrogen) atoms. The molecular weight excluding hydrogens is 301 g/mol. The van der Waals surface area contributed by atoms with Crippen molar-refractivity contribution in [3.63, 3.8) is 0 Å². The first kappa shape index (κ1) is 13.2. The topological polar surface area (TPSA) is 72.6 Å². The molecule has 1 N–H and O–H groups in total. The van der Waals surface area contributed by atoms with Gasteiger partial charge >= 0.3 is 5.69 Å². The van der Waals surface area contributed by atoms with E-state index in [1.807, 2.05) is 0 Å². The van der Waals surface area contributed by atoms with E-state index in [1.54, 1.807) is 6.07 Å². The Morgan fingerprint density at radius 3 is 2.88 bits per heavy atom. The van der Waals surface area contributed by atoms with Crippen molar-refractivity contribution in [1.82, 2.24) is 0 Å². The molecule has 0 aliphatic heterocycles. The maximum absolute atomic E-state index is 10.7. The fourth-order valence-corrected chi connectivity index (χ4v) is 1.42. The van der Waals surface area contributed by atoms with Crippen LogP contribution in [0.15, 0.2) is 22.7 Å². The molecule has 88 valence electrons. The van der Waals surface area contributed by atoms with Crippen molar-refractivity contribution in [2.24, 2.45) is 0 Å². The fourth-order valence-electron chi connectivity index (χ4n) is 0.986. The summed E-state index contributed by atoms with van der Waals surface area (Å²) in [5.74, 6) is 0.127. The highest BCUT2D eigenvalue weighted by molar-refractivity contribution is 9.10. The summed E-state index contributed by atoms with van der Waals surface area (Å²) in [6, 6.07) is 4.42. The summed E-state index contributed by atoms with van der Waals surface area (Å²) in [6.45, 7) is -0.0774. The molecule has 1 rings (SSSR count). The molecule has 1 unspecified atom stereocenters. The molecule has 0 fully saturated rings. The molecular formula is C9H9BrClNO4. The number of nitro groups is 1. The Balaban J connectivity index is 2.82. The van der Waals surface area contributed by atoms with Gasteiger partial charge in [0, 0.05) is 10.5 Å². The van der Waals surface area contributed by atoms with Crippen LogP contribution in [0.4, 0.5) is 5.69 Å². The molecule has 0 heterocycles. The van der Waals surface area contributed by atoms with Crippen LogP contribution >= 0.6 is 27.5 Å². The van der Waals surface area contributed by atoms with Gasteiger partial charge in [-0.05, 0) is 12.1 Å². The van der Waals surface area contributed by atoms with Crippen LogP contribution in [0.1, 0.15) is 0 Å². The molecule has 0 bridgehead atoms. The van der Waals surface area contributed by atoms with Crippen LogP contribution in [0.2, 0.25) is 0 Å². The third-order valence-electron chi connectivity index (χ3n) is 1.73. The number of alkyl halides is 1. The zero-order valence-electron chi connectivity index (χ0n) is 8.10. The monoisotopic (exact) mass is 309 g/mol. The number of nitrogens with zero attached hydrogens (tertiary/aromatic N) is 1. The molecule has 0 aliphatic rings. The standard InChI is InChI=1S/C9H9BrClNO4/c10-6-1-2-9(8(3-6)12(14)15)16-5-7(13)4-11/h1-3,7,13H,4-5H2. The van der Waals surface area contributed by atoms with Crippen LogP contribution in [0.5, 0.6) is 5.75 Å². The minimum absolute atomic E-state index is 0.0182. The van der Waals surface area contributed by atoms with Crippen molar-refractivity contribution in [2.45, 2.75) is 6.10 Å². The number of hydrogen-bond acceptors (Lipinski definition) is 4. The van der Waals surface area contributed by atoms with E-state index < -0.39 is 11.0 Å². The average Bonchev–Trinajstić information content (AvgIpc) is 2.26. The Kier molecular flexibility index (Phi) is 4.98. The van der Waals surface area contributed by atoms with E-state index in [4.69, 9.17) is 21.4 Å². The number of hydrogen-bond donors (Lipinski definition) is 1. The third-order valence-corrected chi connectivity index (χ3v) is 2.58. The van der Waals surface area contributed by atoms with Crippen LogP contribution < -0.4 is 4.74 Å². The number of aliphatic hydroxyl groups excluding tert-OH is 1. The fraction of sp³-hybridized carbons (Fsp3) is 0.333. The first-order valence-corrected chi connectivity index (χ1v) is 5.68. The number of ether oxygens (including phenoxy) is 1. The van der Waals surface area contributed by atoms with Crippen molar-refractivity contribution < 1.29 is 14.8 Å². The van der Waals surface area contributed by atoms with E-state index in [1.165, 1.54) is 12.1 Å². The summed E-state index contributed by atoms with van der Waals surface area (Å²) >= 11 is 8.50. The second-order valence-corrected chi connectivity index (χ2v) is 4.21. The lowest BCUT2D eigenvalue weighted by Gasteiger charge is -2.09. The molecule has 0 saturated carbocycles. The number of rotatable bonds is 5. The summed E-state index contributed by atoms with van der Waals surface area (Å²) in [6.07, 6.45) is -0.843. The van der Waals surface area contributed by atoms with Gasteiger partial charge in [-0.3, -0.25) is 10.1 Å². The summed E-state index contributed by atoms with van der Waals surface area (Å²) in [4.78, 5) is 10.2. The molecule has 0 aromatic heterocycles. The zero-order chi connectivity index (χ0) is 12.1. The Labute approximate surface area is 105 Å². The number of aliphatic hydroxyl groups is 1. The molecule has 0 aliphatic carbocycles. The van der Waals surface area contributed by atoms with Gasteiger partial charge in [-0.25, -0.2) is 0 Å². The summed E-state index contributed by atoms with van der Waals surface area (Å²) < 4.78 is 5.70. The molecule has 1 aromatic carbocycles. The van der Waals surface area contributed by atoms with Gasteiger partial charge in [0.1, 0.15) is 12.7 Å². The molecule has 0 radical (unpaired) electrons. The third kappa shape index (κ3) is 3.62. The zero-order valence-corrected chi connectivity index (χ0v) is 10.4. The quantitative estimate of drug-likeness (QED) is 0.515. The maximum atomic E-state index is 10.7. The number of benzene rings is 1. The van der Waals surface area contributed by atoms with E-state index in [0.29, 0.717) is 4.47 Å². The van der Waals surface area contributed by atoms with Gasteiger partial charge in [0.15, 0.2) is 5.75 Å². The first-order chi connectivity index (χ1) is 7.54. The predicted molar refractivity (Wildman–Crippen MR) is 63.0 cm³/mol. The minimum Gasteiger partial charge on any atom is -0.484 e. The van der Waals surface area contributed by atoms with E-state index in [2.05, 4.69) is 15.9 Å². The van der Waals surface area contributed by atoms with Crippen molar-refractivity contribution in [3.8, 4) is 5.75 Å². The summed E-state index contributed by atoms with van der Waals surface area (Å²) in [5.41, 5.74) is -0.156. The molecule has 0 saturated heterocycles. The second-order valence-electron chi connectivity index (χ2n) is 2.99. The largest absolute Gasteiger partial charge is 0.484 e. The Morgan fingerprint density at radius 1 is 1.62 bits per heavy atom.